The molecule has 21 heavy (non-hydrogen) atoms. The van der Waals surface area contributed by atoms with Crippen LogP contribution in [0, 0.1) is 6.92 Å². The molecule has 0 aliphatic rings. The van der Waals surface area contributed by atoms with Gasteiger partial charge in [-0.05, 0) is 26.0 Å². The predicted molar refractivity (Wildman–Crippen MR) is 81.0 cm³/mol. The number of aromatic nitrogens is 1. The predicted octanol–water partition coefficient (Wildman–Crippen LogP) is 2.58. The highest BCUT2D eigenvalue weighted by Gasteiger charge is 2.09. The fourth-order valence-electron chi connectivity index (χ4n) is 1.78. The van der Waals surface area contributed by atoms with E-state index in [9.17, 15) is 4.79 Å². The van der Waals surface area contributed by atoms with Crippen LogP contribution in [0.5, 0.6) is 5.88 Å². The van der Waals surface area contributed by atoms with Gasteiger partial charge in [0.2, 0.25) is 5.88 Å². The highest BCUT2D eigenvalue weighted by Crippen LogP contribution is 2.25. The van der Waals surface area contributed by atoms with E-state index in [1.165, 1.54) is 5.56 Å². The summed E-state index contributed by atoms with van der Waals surface area (Å²) in [5, 5.41) is 0. The molecule has 1 aromatic carbocycles. The Hall–Kier alpha value is -2.56. The van der Waals surface area contributed by atoms with E-state index in [-0.39, 0.29) is 12.5 Å². The third-order valence-electron chi connectivity index (χ3n) is 2.87. The van der Waals surface area contributed by atoms with Crippen molar-refractivity contribution in [3.63, 3.8) is 0 Å². The van der Waals surface area contributed by atoms with E-state index in [1.54, 1.807) is 13.0 Å². The second-order valence-electron chi connectivity index (χ2n) is 4.55. The average Bonchev–Trinajstić information content (AvgIpc) is 2.48. The first kappa shape index (κ1) is 14.8. The molecule has 0 atom stereocenters. The van der Waals surface area contributed by atoms with Crippen LogP contribution >= 0.6 is 0 Å². The number of aryl methyl sites for hydroxylation is 1. The van der Waals surface area contributed by atoms with Gasteiger partial charge in [-0.1, -0.05) is 29.8 Å². The van der Waals surface area contributed by atoms with E-state index in [2.05, 4.69) is 4.98 Å². The normalized spacial score (nSPS) is 10.2. The summed E-state index contributed by atoms with van der Waals surface area (Å²) in [5.74, 6) is -0.208. The molecule has 0 aliphatic carbocycles. The molecule has 2 aromatic rings. The molecule has 1 heterocycles. The molecule has 0 radical (unpaired) electrons. The van der Waals surface area contributed by atoms with Crippen molar-refractivity contribution in [2.45, 2.75) is 13.8 Å². The van der Waals surface area contributed by atoms with Crippen molar-refractivity contribution in [2.75, 3.05) is 18.9 Å². The first-order valence-electron chi connectivity index (χ1n) is 6.72. The van der Waals surface area contributed by atoms with E-state index in [4.69, 9.17) is 15.2 Å². The molecule has 0 bridgehead atoms. The average molecular weight is 286 g/mol. The van der Waals surface area contributed by atoms with Crippen LogP contribution in [0.25, 0.3) is 11.3 Å². The Kier molecular flexibility index (Phi) is 4.77. The Morgan fingerprint density at radius 3 is 2.57 bits per heavy atom. The number of rotatable bonds is 5. The third kappa shape index (κ3) is 3.95. The van der Waals surface area contributed by atoms with E-state index < -0.39 is 5.97 Å². The standard InChI is InChI=1S/C16H18N2O3/c1-3-20-15(19)10-21-16-13(17)8-9-14(18-16)12-6-4-11(2)5-7-12/h4-9H,3,10,17H2,1-2H3. The van der Waals surface area contributed by atoms with Crippen LogP contribution in [0.15, 0.2) is 36.4 Å². The van der Waals surface area contributed by atoms with E-state index in [0.29, 0.717) is 12.3 Å². The van der Waals surface area contributed by atoms with Crippen LogP contribution in [0.4, 0.5) is 5.69 Å². The van der Waals surface area contributed by atoms with E-state index in [1.807, 2.05) is 37.3 Å². The zero-order chi connectivity index (χ0) is 15.2. The molecule has 0 fully saturated rings. The van der Waals surface area contributed by atoms with Crippen molar-refractivity contribution in [1.29, 1.82) is 0 Å². The fraction of sp³-hybridized carbons (Fsp3) is 0.250. The molecule has 110 valence electrons. The Morgan fingerprint density at radius 2 is 1.90 bits per heavy atom. The zero-order valence-corrected chi connectivity index (χ0v) is 12.1. The van der Waals surface area contributed by atoms with Gasteiger partial charge in [0.25, 0.3) is 0 Å². The number of nitrogen functional groups attached to an aromatic ring is 1. The number of nitrogens with two attached hydrogens (primary N) is 1. The van der Waals surface area contributed by atoms with Gasteiger partial charge in [-0.15, -0.1) is 0 Å². The Bertz CT molecular complexity index is 624. The Balaban J connectivity index is 2.17. The smallest absolute Gasteiger partial charge is 0.344 e. The van der Waals surface area contributed by atoms with E-state index >= 15 is 0 Å². The number of hydrogen-bond donors (Lipinski definition) is 1. The Labute approximate surface area is 123 Å². The molecule has 1 aromatic heterocycles. The minimum Gasteiger partial charge on any atom is -0.464 e. The van der Waals surface area contributed by atoms with Crippen molar-refractivity contribution in [3.8, 4) is 17.1 Å². The first-order chi connectivity index (χ1) is 10.1. The van der Waals surface area contributed by atoms with Crippen LogP contribution < -0.4 is 10.5 Å². The topological polar surface area (TPSA) is 74.4 Å². The monoisotopic (exact) mass is 286 g/mol. The van der Waals surface area contributed by atoms with Crippen LogP contribution in [0.3, 0.4) is 0 Å². The summed E-state index contributed by atoms with van der Waals surface area (Å²) in [5.41, 5.74) is 9.07. The largest absolute Gasteiger partial charge is 0.464 e. The number of anilines is 1. The van der Waals surface area contributed by atoms with Gasteiger partial charge in [-0.3, -0.25) is 0 Å². The number of hydrogen-bond acceptors (Lipinski definition) is 5. The van der Waals surface area contributed by atoms with Crippen LogP contribution in [0.2, 0.25) is 0 Å². The van der Waals surface area contributed by atoms with Gasteiger partial charge in [0.1, 0.15) is 0 Å². The fourth-order valence-corrected chi connectivity index (χ4v) is 1.78. The second kappa shape index (κ2) is 6.74. The first-order valence-corrected chi connectivity index (χ1v) is 6.72. The maximum absolute atomic E-state index is 11.3. The lowest BCUT2D eigenvalue weighted by atomic mass is 10.1. The summed E-state index contributed by atoms with van der Waals surface area (Å²) >= 11 is 0. The lowest BCUT2D eigenvalue weighted by Gasteiger charge is -2.09. The van der Waals surface area contributed by atoms with Gasteiger partial charge < -0.3 is 15.2 Å². The molecule has 0 aliphatic heterocycles. The van der Waals surface area contributed by atoms with Crippen LogP contribution in [0.1, 0.15) is 12.5 Å². The number of carbonyl (C=O) groups is 1. The van der Waals surface area contributed by atoms with Gasteiger partial charge in [-0.2, -0.15) is 0 Å². The number of ether oxygens (including phenoxy) is 2. The maximum Gasteiger partial charge on any atom is 0.344 e. The number of benzene rings is 1. The number of nitrogens with zero attached hydrogens (tertiary/aromatic N) is 1. The molecule has 5 heteroatoms. The van der Waals surface area contributed by atoms with Crippen molar-refractivity contribution in [2.24, 2.45) is 0 Å². The molecule has 5 nitrogen and oxygen atoms in total. The maximum atomic E-state index is 11.3. The summed E-state index contributed by atoms with van der Waals surface area (Å²) in [6.45, 7) is 3.87. The number of esters is 1. The van der Waals surface area contributed by atoms with Gasteiger partial charge in [0.05, 0.1) is 18.0 Å². The second-order valence-corrected chi connectivity index (χ2v) is 4.55. The zero-order valence-electron chi connectivity index (χ0n) is 12.1. The molecule has 2 rings (SSSR count). The van der Waals surface area contributed by atoms with Gasteiger partial charge in [0, 0.05) is 5.56 Å². The summed E-state index contributed by atoms with van der Waals surface area (Å²) in [7, 11) is 0. The van der Waals surface area contributed by atoms with Gasteiger partial charge in [0.15, 0.2) is 6.61 Å². The number of pyridine rings is 1. The van der Waals surface area contributed by atoms with E-state index in [0.717, 1.165) is 11.3 Å². The highest BCUT2D eigenvalue weighted by molar-refractivity contribution is 5.71. The molecular formula is C16H18N2O3. The van der Waals surface area contributed by atoms with Crippen molar-refractivity contribution < 1.29 is 14.3 Å². The lowest BCUT2D eigenvalue weighted by molar-refractivity contribution is -0.145. The van der Waals surface area contributed by atoms with Crippen LogP contribution in [-0.4, -0.2) is 24.2 Å². The minimum atomic E-state index is -0.445. The molecule has 0 saturated carbocycles. The van der Waals surface area contributed by atoms with Crippen molar-refractivity contribution >= 4 is 11.7 Å². The SMILES string of the molecule is CCOC(=O)COc1nc(-c2ccc(C)cc2)ccc1N. The van der Waals surface area contributed by atoms with Gasteiger partial charge >= 0.3 is 5.97 Å². The van der Waals surface area contributed by atoms with Crippen molar-refractivity contribution in [3.05, 3.63) is 42.0 Å². The summed E-state index contributed by atoms with van der Waals surface area (Å²) in [4.78, 5) is 15.7. The summed E-state index contributed by atoms with van der Waals surface area (Å²) in [6, 6.07) is 11.5. The minimum absolute atomic E-state index is 0.206. The molecule has 0 amide bonds. The molecule has 2 N–H and O–H groups in total. The number of carbonyl (C=O) groups excluding carboxylic acids is 1. The molecule has 0 saturated heterocycles. The summed E-state index contributed by atoms with van der Waals surface area (Å²) in [6.07, 6.45) is 0. The molecule has 0 spiro atoms. The molecule has 0 unspecified atom stereocenters. The Morgan fingerprint density at radius 1 is 1.19 bits per heavy atom. The van der Waals surface area contributed by atoms with Crippen molar-refractivity contribution in [1.82, 2.24) is 4.98 Å². The lowest BCUT2D eigenvalue weighted by Crippen LogP contribution is -2.15. The van der Waals surface area contributed by atoms with Crippen LogP contribution in [-0.2, 0) is 9.53 Å². The summed E-state index contributed by atoms with van der Waals surface area (Å²) < 4.78 is 10.1. The third-order valence-corrected chi connectivity index (χ3v) is 2.87. The molecular weight excluding hydrogens is 268 g/mol. The highest BCUT2D eigenvalue weighted by atomic mass is 16.6. The quantitative estimate of drug-likeness (QED) is 0.855. The van der Waals surface area contributed by atoms with Gasteiger partial charge in [-0.25, -0.2) is 9.78 Å².